The molecule has 0 aromatic carbocycles. The second-order valence-corrected chi connectivity index (χ2v) is 3.53. The minimum atomic E-state index is -0.958. The van der Waals surface area contributed by atoms with Crippen LogP contribution < -0.4 is 5.73 Å². The number of anilines is 1. The van der Waals surface area contributed by atoms with Crippen LogP contribution in [0.4, 0.5) is 5.82 Å². The Bertz CT molecular complexity index is 320. The van der Waals surface area contributed by atoms with E-state index < -0.39 is 12.2 Å². The van der Waals surface area contributed by atoms with Crippen LogP contribution in [0.15, 0.2) is 12.3 Å². The molecule has 1 heterocycles. The van der Waals surface area contributed by atoms with Gasteiger partial charge in [-0.05, 0) is 18.6 Å². The number of hydrogen-bond acceptors (Lipinski definition) is 5. The maximum atomic E-state index is 9.68. The summed E-state index contributed by atoms with van der Waals surface area (Å²) < 4.78 is 0. The maximum absolute atomic E-state index is 9.68. The molecule has 0 spiro atoms. The lowest BCUT2D eigenvalue weighted by molar-refractivity contribution is 0.0331. The summed E-state index contributed by atoms with van der Waals surface area (Å²) in [6.45, 7) is 1.81. The van der Waals surface area contributed by atoms with Crippen molar-refractivity contribution in [2.24, 2.45) is 0 Å². The fourth-order valence-corrected chi connectivity index (χ4v) is 1.40. The fourth-order valence-electron chi connectivity index (χ4n) is 1.21. The Morgan fingerprint density at radius 1 is 1.57 bits per heavy atom. The second-order valence-electron chi connectivity index (χ2n) is 3.16. The van der Waals surface area contributed by atoms with Crippen LogP contribution in [-0.4, -0.2) is 27.1 Å². The largest absolute Gasteiger partial charge is 0.389 e. The van der Waals surface area contributed by atoms with Crippen LogP contribution in [-0.2, 0) is 0 Å². The van der Waals surface area contributed by atoms with Crippen molar-refractivity contribution in [1.82, 2.24) is 4.98 Å². The number of aromatic nitrogens is 1. The molecular formula is C9H14N2O2S. The SMILES string of the molecule is Cc1cc(N)ncc1C(O)C(O)CS. The van der Waals surface area contributed by atoms with E-state index in [0.717, 1.165) is 5.56 Å². The number of aliphatic hydroxyl groups is 2. The Balaban J connectivity index is 2.95. The van der Waals surface area contributed by atoms with Crippen LogP contribution in [0.5, 0.6) is 0 Å². The zero-order chi connectivity index (χ0) is 10.7. The monoisotopic (exact) mass is 214 g/mol. The van der Waals surface area contributed by atoms with Crippen molar-refractivity contribution in [2.45, 2.75) is 19.1 Å². The van der Waals surface area contributed by atoms with Gasteiger partial charge in [0.25, 0.3) is 0 Å². The summed E-state index contributed by atoms with van der Waals surface area (Å²) in [5.41, 5.74) is 6.86. The number of aliphatic hydroxyl groups excluding tert-OH is 2. The third kappa shape index (κ3) is 2.37. The van der Waals surface area contributed by atoms with E-state index in [1.54, 1.807) is 6.07 Å². The molecule has 5 heteroatoms. The summed E-state index contributed by atoms with van der Waals surface area (Å²) in [4.78, 5) is 3.86. The summed E-state index contributed by atoms with van der Waals surface area (Å²) in [6, 6.07) is 1.66. The number of nitrogen functional groups attached to an aromatic ring is 1. The molecule has 0 aliphatic rings. The molecule has 0 aliphatic carbocycles. The number of thiol groups is 1. The lowest BCUT2D eigenvalue weighted by atomic mass is 10.0. The molecule has 0 amide bonds. The Hall–Kier alpha value is -0.780. The Labute approximate surface area is 88.2 Å². The predicted octanol–water partition coefficient (Wildman–Crippen LogP) is 0.296. The number of rotatable bonds is 3. The first-order valence-electron chi connectivity index (χ1n) is 4.25. The van der Waals surface area contributed by atoms with Gasteiger partial charge in [-0.25, -0.2) is 4.98 Å². The van der Waals surface area contributed by atoms with Gasteiger partial charge in [0.2, 0.25) is 0 Å². The molecule has 0 fully saturated rings. The highest BCUT2D eigenvalue weighted by molar-refractivity contribution is 7.80. The van der Waals surface area contributed by atoms with Gasteiger partial charge >= 0.3 is 0 Å². The quantitative estimate of drug-likeness (QED) is 0.546. The number of nitrogens with two attached hydrogens (primary N) is 1. The molecular weight excluding hydrogens is 200 g/mol. The molecule has 2 unspecified atom stereocenters. The van der Waals surface area contributed by atoms with Crippen molar-refractivity contribution in [2.75, 3.05) is 11.5 Å². The van der Waals surface area contributed by atoms with Crippen LogP contribution in [0, 0.1) is 6.92 Å². The van der Waals surface area contributed by atoms with E-state index in [9.17, 15) is 10.2 Å². The van der Waals surface area contributed by atoms with Gasteiger partial charge in [-0.15, -0.1) is 0 Å². The third-order valence-corrected chi connectivity index (χ3v) is 2.42. The van der Waals surface area contributed by atoms with Gasteiger partial charge in [0, 0.05) is 17.5 Å². The van der Waals surface area contributed by atoms with Crippen LogP contribution in [0.3, 0.4) is 0 Å². The summed E-state index contributed by atoms with van der Waals surface area (Å²) in [5, 5.41) is 19.1. The fraction of sp³-hybridized carbons (Fsp3) is 0.444. The van der Waals surface area contributed by atoms with Gasteiger partial charge in [-0.1, -0.05) is 0 Å². The lowest BCUT2D eigenvalue weighted by Crippen LogP contribution is -2.20. The molecule has 2 atom stereocenters. The highest BCUT2D eigenvalue weighted by atomic mass is 32.1. The van der Waals surface area contributed by atoms with Gasteiger partial charge in [-0.2, -0.15) is 12.6 Å². The van der Waals surface area contributed by atoms with Crippen LogP contribution >= 0.6 is 12.6 Å². The van der Waals surface area contributed by atoms with E-state index in [-0.39, 0.29) is 5.75 Å². The number of pyridine rings is 1. The van der Waals surface area contributed by atoms with Crippen molar-refractivity contribution in [1.29, 1.82) is 0 Å². The highest BCUT2D eigenvalue weighted by Crippen LogP contribution is 2.21. The summed E-state index contributed by atoms with van der Waals surface area (Å²) in [7, 11) is 0. The standard InChI is InChI=1S/C9H14N2O2S/c1-5-2-8(10)11-3-6(5)9(13)7(12)4-14/h2-3,7,9,12-14H,4H2,1H3,(H2,10,11). The van der Waals surface area contributed by atoms with E-state index in [4.69, 9.17) is 5.73 Å². The normalized spacial score (nSPS) is 15.1. The van der Waals surface area contributed by atoms with E-state index in [2.05, 4.69) is 17.6 Å². The predicted molar refractivity (Wildman–Crippen MR) is 58.2 cm³/mol. The molecule has 0 aliphatic heterocycles. The van der Waals surface area contributed by atoms with Gasteiger partial charge in [0.05, 0.1) is 6.10 Å². The van der Waals surface area contributed by atoms with Crippen LogP contribution in [0.25, 0.3) is 0 Å². The molecule has 0 bridgehead atoms. The minimum absolute atomic E-state index is 0.199. The van der Waals surface area contributed by atoms with Crippen molar-refractivity contribution < 1.29 is 10.2 Å². The lowest BCUT2D eigenvalue weighted by Gasteiger charge is -2.17. The summed E-state index contributed by atoms with van der Waals surface area (Å²) in [6.07, 6.45) is -0.370. The van der Waals surface area contributed by atoms with Gasteiger partial charge in [-0.3, -0.25) is 0 Å². The third-order valence-electron chi connectivity index (χ3n) is 2.04. The van der Waals surface area contributed by atoms with E-state index in [1.807, 2.05) is 6.92 Å². The Kier molecular flexibility index (Phi) is 3.74. The number of nitrogens with zero attached hydrogens (tertiary/aromatic N) is 1. The average Bonchev–Trinajstić information content (AvgIpc) is 2.15. The van der Waals surface area contributed by atoms with Crippen molar-refractivity contribution in [3.05, 3.63) is 23.4 Å². The summed E-state index contributed by atoms with van der Waals surface area (Å²) in [5.74, 6) is 0.601. The molecule has 78 valence electrons. The van der Waals surface area contributed by atoms with E-state index in [0.29, 0.717) is 11.4 Å². The minimum Gasteiger partial charge on any atom is -0.389 e. The van der Waals surface area contributed by atoms with E-state index >= 15 is 0 Å². The summed E-state index contributed by atoms with van der Waals surface area (Å²) >= 11 is 3.90. The first kappa shape index (κ1) is 11.3. The number of hydrogen-bond donors (Lipinski definition) is 4. The Morgan fingerprint density at radius 3 is 2.71 bits per heavy atom. The van der Waals surface area contributed by atoms with E-state index in [1.165, 1.54) is 6.20 Å². The van der Waals surface area contributed by atoms with Crippen molar-refractivity contribution in [3.63, 3.8) is 0 Å². The molecule has 1 aromatic heterocycles. The molecule has 0 radical (unpaired) electrons. The van der Waals surface area contributed by atoms with Crippen LogP contribution in [0.1, 0.15) is 17.2 Å². The first-order valence-corrected chi connectivity index (χ1v) is 4.88. The number of aryl methyl sites for hydroxylation is 1. The highest BCUT2D eigenvalue weighted by Gasteiger charge is 2.18. The van der Waals surface area contributed by atoms with Gasteiger partial charge in [0.15, 0.2) is 0 Å². The molecule has 1 rings (SSSR count). The van der Waals surface area contributed by atoms with Gasteiger partial charge < -0.3 is 15.9 Å². The molecule has 0 saturated carbocycles. The topological polar surface area (TPSA) is 79.4 Å². The zero-order valence-corrected chi connectivity index (χ0v) is 8.78. The van der Waals surface area contributed by atoms with Crippen LogP contribution in [0.2, 0.25) is 0 Å². The maximum Gasteiger partial charge on any atom is 0.123 e. The molecule has 4 nitrogen and oxygen atoms in total. The average molecular weight is 214 g/mol. The molecule has 14 heavy (non-hydrogen) atoms. The van der Waals surface area contributed by atoms with Gasteiger partial charge in [0.1, 0.15) is 11.9 Å². The van der Waals surface area contributed by atoms with Crippen molar-refractivity contribution >= 4 is 18.4 Å². The molecule has 1 aromatic rings. The zero-order valence-electron chi connectivity index (χ0n) is 7.88. The van der Waals surface area contributed by atoms with Crippen molar-refractivity contribution in [3.8, 4) is 0 Å². The molecule has 0 saturated heterocycles. The first-order chi connectivity index (χ1) is 6.56. The Morgan fingerprint density at radius 2 is 2.21 bits per heavy atom. The smallest absolute Gasteiger partial charge is 0.123 e. The molecule has 4 N–H and O–H groups in total. The second kappa shape index (κ2) is 4.63.